The number of rotatable bonds is 1. The van der Waals surface area contributed by atoms with Crippen molar-refractivity contribution in [2.75, 3.05) is 0 Å². The highest BCUT2D eigenvalue weighted by atomic mass is 16.2. The average Bonchev–Trinajstić information content (AvgIpc) is 2.41. The molecule has 20 heavy (non-hydrogen) atoms. The summed E-state index contributed by atoms with van der Waals surface area (Å²) >= 11 is 0. The predicted molar refractivity (Wildman–Crippen MR) is 65.3 cm³/mol. The van der Waals surface area contributed by atoms with E-state index in [1.54, 1.807) is 0 Å². The number of hydrogen-bond donors (Lipinski definition) is 1. The number of piperidine rings is 1. The number of carbonyl (C=O) groups is 4. The second kappa shape index (κ2) is 4.52. The molecule has 0 aromatic carbocycles. The summed E-state index contributed by atoms with van der Waals surface area (Å²) < 4.78 is 0. The lowest BCUT2D eigenvalue weighted by Crippen LogP contribution is -2.57. The molecule has 2 aliphatic rings. The van der Waals surface area contributed by atoms with Gasteiger partial charge in [0.05, 0.1) is 6.42 Å². The van der Waals surface area contributed by atoms with Crippen LogP contribution in [-0.2, 0) is 20.8 Å². The zero-order valence-electron chi connectivity index (χ0n) is 10.5. The van der Waals surface area contributed by atoms with Crippen molar-refractivity contribution in [2.45, 2.75) is 25.3 Å². The molecular formula is C13H11N3O4. The summed E-state index contributed by atoms with van der Waals surface area (Å²) in [5.41, 5.74) is 0.940. The Bertz CT molecular complexity index is 640. The standard InChI is InChI=1S/C13H11N3O4/c17-10-2-1-9(12(19)15-10)16-11(18)5-7-6-14-4-3-8(7)13(16)20/h3-4,6,9H,1-2,5H2,(H,15,17,19). The second-order valence-corrected chi connectivity index (χ2v) is 4.75. The predicted octanol–water partition coefficient (Wildman–Crippen LogP) is -0.588. The molecule has 1 aromatic heterocycles. The Kier molecular flexibility index (Phi) is 2.81. The number of nitrogens with zero attached hydrogens (tertiary/aromatic N) is 2. The lowest BCUT2D eigenvalue weighted by atomic mass is 9.96. The summed E-state index contributed by atoms with van der Waals surface area (Å²) in [6, 6.07) is 0.622. The Morgan fingerprint density at radius 3 is 2.80 bits per heavy atom. The zero-order chi connectivity index (χ0) is 14.3. The molecule has 0 bridgehead atoms. The Morgan fingerprint density at radius 2 is 2.05 bits per heavy atom. The summed E-state index contributed by atoms with van der Waals surface area (Å²) in [6.45, 7) is 0. The summed E-state index contributed by atoms with van der Waals surface area (Å²) in [7, 11) is 0. The van der Waals surface area contributed by atoms with E-state index in [0.29, 0.717) is 11.1 Å². The minimum absolute atomic E-state index is 0.0344. The summed E-state index contributed by atoms with van der Waals surface area (Å²) in [5, 5.41) is 2.16. The quantitative estimate of drug-likeness (QED) is 0.690. The highest BCUT2D eigenvalue weighted by molar-refractivity contribution is 6.13. The van der Waals surface area contributed by atoms with E-state index in [0.717, 1.165) is 4.90 Å². The van der Waals surface area contributed by atoms with Crippen LogP contribution >= 0.6 is 0 Å². The van der Waals surface area contributed by atoms with Crippen molar-refractivity contribution < 1.29 is 19.2 Å². The first-order valence-electron chi connectivity index (χ1n) is 6.21. The van der Waals surface area contributed by atoms with Gasteiger partial charge in [-0.2, -0.15) is 0 Å². The van der Waals surface area contributed by atoms with Crippen molar-refractivity contribution in [1.29, 1.82) is 0 Å². The molecule has 4 amide bonds. The fourth-order valence-electron chi connectivity index (χ4n) is 2.51. The number of pyridine rings is 1. The van der Waals surface area contributed by atoms with Gasteiger partial charge in [-0.05, 0) is 18.1 Å². The maximum absolute atomic E-state index is 12.4. The molecule has 102 valence electrons. The van der Waals surface area contributed by atoms with Crippen molar-refractivity contribution in [1.82, 2.24) is 15.2 Å². The monoisotopic (exact) mass is 273 g/mol. The fourth-order valence-corrected chi connectivity index (χ4v) is 2.51. The van der Waals surface area contributed by atoms with Gasteiger partial charge >= 0.3 is 0 Å². The number of fused-ring (bicyclic) bond motifs is 1. The zero-order valence-corrected chi connectivity index (χ0v) is 10.5. The van der Waals surface area contributed by atoms with Gasteiger partial charge in [-0.3, -0.25) is 34.4 Å². The number of nitrogens with one attached hydrogen (secondary N) is 1. The van der Waals surface area contributed by atoms with Crippen LogP contribution < -0.4 is 5.32 Å². The lowest BCUT2D eigenvalue weighted by molar-refractivity contribution is -0.143. The molecular weight excluding hydrogens is 262 g/mol. The van der Waals surface area contributed by atoms with Crippen molar-refractivity contribution in [2.24, 2.45) is 0 Å². The third-order valence-corrected chi connectivity index (χ3v) is 3.48. The van der Waals surface area contributed by atoms with E-state index in [1.807, 2.05) is 0 Å². The Balaban J connectivity index is 1.95. The van der Waals surface area contributed by atoms with Gasteiger partial charge in [-0.1, -0.05) is 0 Å². The van der Waals surface area contributed by atoms with E-state index in [9.17, 15) is 19.2 Å². The summed E-state index contributed by atoms with van der Waals surface area (Å²) in [5.74, 6) is -1.92. The third-order valence-electron chi connectivity index (χ3n) is 3.48. The second-order valence-electron chi connectivity index (χ2n) is 4.75. The van der Waals surface area contributed by atoms with Crippen molar-refractivity contribution in [3.63, 3.8) is 0 Å². The molecule has 0 radical (unpaired) electrons. The average molecular weight is 273 g/mol. The van der Waals surface area contributed by atoms with Crippen LogP contribution in [-0.4, -0.2) is 39.6 Å². The molecule has 1 N–H and O–H groups in total. The van der Waals surface area contributed by atoms with Gasteiger partial charge in [0.25, 0.3) is 5.91 Å². The van der Waals surface area contributed by atoms with Crippen molar-refractivity contribution >= 4 is 23.6 Å². The first kappa shape index (κ1) is 12.5. The number of amides is 4. The Hall–Kier alpha value is -2.57. The Labute approximate surface area is 114 Å². The lowest BCUT2D eigenvalue weighted by Gasteiger charge is -2.34. The van der Waals surface area contributed by atoms with Gasteiger partial charge in [-0.15, -0.1) is 0 Å². The van der Waals surface area contributed by atoms with E-state index in [4.69, 9.17) is 0 Å². The molecule has 1 fully saturated rings. The first-order valence-corrected chi connectivity index (χ1v) is 6.21. The smallest absolute Gasteiger partial charge is 0.261 e. The van der Waals surface area contributed by atoms with Crippen molar-refractivity contribution in [3.8, 4) is 0 Å². The molecule has 1 atom stereocenters. The molecule has 1 saturated heterocycles. The Morgan fingerprint density at radius 1 is 1.25 bits per heavy atom. The number of imide groups is 2. The van der Waals surface area contributed by atoms with E-state index < -0.39 is 23.8 Å². The molecule has 0 saturated carbocycles. The summed E-state index contributed by atoms with van der Waals surface area (Å²) in [6.07, 6.45) is 3.27. The largest absolute Gasteiger partial charge is 0.295 e. The SMILES string of the molecule is O=C1CCC(N2C(=O)Cc3cnccc3C2=O)C(=O)N1. The highest BCUT2D eigenvalue weighted by Crippen LogP contribution is 2.23. The van der Waals surface area contributed by atoms with E-state index in [-0.39, 0.29) is 25.2 Å². The van der Waals surface area contributed by atoms with Crippen LogP contribution in [0.4, 0.5) is 0 Å². The molecule has 7 heteroatoms. The summed E-state index contributed by atoms with van der Waals surface area (Å²) in [4.78, 5) is 52.3. The highest BCUT2D eigenvalue weighted by Gasteiger charge is 2.41. The van der Waals surface area contributed by atoms with E-state index >= 15 is 0 Å². The maximum atomic E-state index is 12.4. The van der Waals surface area contributed by atoms with Crippen LogP contribution in [0.2, 0.25) is 0 Å². The van der Waals surface area contributed by atoms with Crippen LogP contribution in [0, 0.1) is 0 Å². The van der Waals surface area contributed by atoms with Gasteiger partial charge in [0.1, 0.15) is 6.04 Å². The third kappa shape index (κ3) is 1.87. The van der Waals surface area contributed by atoms with Gasteiger partial charge in [0, 0.05) is 24.4 Å². The minimum Gasteiger partial charge on any atom is -0.295 e. The number of hydrogen-bond acceptors (Lipinski definition) is 5. The molecule has 1 unspecified atom stereocenters. The van der Waals surface area contributed by atoms with Gasteiger partial charge < -0.3 is 0 Å². The molecule has 1 aromatic rings. The van der Waals surface area contributed by atoms with Crippen LogP contribution in [0.25, 0.3) is 0 Å². The number of aromatic nitrogens is 1. The molecule has 7 nitrogen and oxygen atoms in total. The molecule has 0 spiro atoms. The minimum atomic E-state index is -0.908. The molecule has 0 aliphatic carbocycles. The molecule has 3 rings (SSSR count). The fraction of sp³-hybridized carbons (Fsp3) is 0.308. The molecule has 3 heterocycles. The van der Waals surface area contributed by atoms with Crippen LogP contribution in [0.15, 0.2) is 18.5 Å². The molecule has 2 aliphatic heterocycles. The van der Waals surface area contributed by atoms with Gasteiger partial charge in [0.2, 0.25) is 17.7 Å². The van der Waals surface area contributed by atoms with E-state index in [2.05, 4.69) is 10.3 Å². The normalized spacial score (nSPS) is 22.6. The van der Waals surface area contributed by atoms with Crippen LogP contribution in [0.3, 0.4) is 0 Å². The van der Waals surface area contributed by atoms with Crippen molar-refractivity contribution in [3.05, 3.63) is 29.6 Å². The number of carbonyl (C=O) groups excluding carboxylic acids is 4. The van der Waals surface area contributed by atoms with E-state index in [1.165, 1.54) is 18.5 Å². The maximum Gasteiger partial charge on any atom is 0.261 e. The van der Waals surface area contributed by atoms with Crippen LogP contribution in [0.5, 0.6) is 0 Å². The first-order chi connectivity index (χ1) is 9.58. The van der Waals surface area contributed by atoms with Gasteiger partial charge in [0.15, 0.2) is 0 Å². The topological polar surface area (TPSA) is 96.4 Å². The van der Waals surface area contributed by atoms with Crippen LogP contribution in [0.1, 0.15) is 28.8 Å². The van der Waals surface area contributed by atoms with Gasteiger partial charge in [-0.25, -0.2) is 0 Å².